The van der Waals surface area contributed by atoms with Crippen molar-refractivity contribution in [3.63, 3.8) is 0 Å². The molecule has 0 spiro atoms. The number of rotatable bonds is 6. The molecule has 27 heavy (non-hydrogen) atoms. The molecule has 0 N–H and O–H groups in total. The van der Waals surface area contributed by atoms with Gasteiger partial charge in [-0.1, -0.05) is 63.6 Å². The van der Waals surface area contributed by atoms with E-state index in [1.54, 1.807) is 21.1 Å². The van der Waals surface area contributed by atoms with Crippen molar-refractivity contribution in [2.24, 2.45) is 0 Å². The summed E-state index contributed by atoms with van der Waals surface area (Å²) >= 11 is 0. The van der Waals surface area contributed by atoms with Crippen molar-refractivity contribution < 1.29 is 14.3 Å². The lowest BCUT2D eigenvalue weighted by atomic mass is 10.0. The smallest absolute Gasteiger partial charge is 0.161 e. The summed E-state index contributed by atoms with van der Waals surface area (Å²) in [5.74, 6) is 1.64. The van der Waals surface area contributed by atoms with Gasteiger partial charge in [-0.25, -0.2) is 0 Å². The van der Waals surface area contributed by atoms with E-state index in [4.69, 9.17) is 9.47 Å². The molecule has 0 aliphatic heterocycles. The van der Waals surface area contributed by atoms with Crippen LogP contribution >= 0.6 is 0 Å². The lowest BCUT2D eigenvalue weighted by Crippen LogP contribution is -1.92. The van der Waals surface area contributed by atoms with Crippen LogP contribution in [0.4, 0.5) is 0 Å². The van der Waals surface area contributed by atoms with Gasteiger partial charge < -0.3 is 9.47 Å². The summed E-state index contributed by atoms with van der Waals surface area (Å²) in [6.45, 7) is 13.8. The van der Waals surface area contributed by atoms with Crippen molar-refractivity contribution in [3.8, 4) is 11.5 Å². The highest BCUT2D eigenvalue weighted by molar-refractivity contribution is 5.94. The number of hydrogen-bond donors (Lipinski definition) is 0. The number of carbonyl (C=O) groups excluding carboxylic acids is 1. The zero-order valence-corrected chi connectivity index (χ0v) is 17.9. The van der Waals surface area contributed by atoms with E-state index in [-0.39, 0.29) is 5.78 Å². The van der Waals surface area contributed by atoms with Crippen LogP contribution in [0.1, 0.15) is 62.0 Å². The molecular weight excluding hydrogens is 336 g/mol. The molecule has 3 nitrogen and oxygen atoms in total. The van der Waals surface area contributed by atoms with Crippen molar-refractivity contribution >= 4 is 11.4 Å². The van der Waals surface area contributed by atoms with Gasteiger partial charge in [0.05, 0.1) is 14.2 Å². The molecule has 2 aromatic carbocycles. The fraction of sp³-hybridized carbons (Fsp3) is 0.375. The van der Waals surface area contributed by atoms with Gasteiger partial charge in [-0.3, -0.25) is 4.79 Å². The van der Waals surface area contributed by atoms with Crippen molar-refractivity contribution in [2.75, 3.05) is 14.2 Å². The molecule has 0 unspecified atom stereocenters. The number of aryl methyl sites for hydroxylation is 1. The third-order valence-corrected chi connectivity index (χ3v) is 3.77. The number of ether oxygens (including phenoxy) is 2. The SMILES string of the molecule is C=C(CCC)c1ccc(OC)c(OC)c1.CC.CC(=O)c1cccc(C)c1. The summed E-state index contributed by atoms with van der Waals surface area (Å²) in [7, 11) is 3.28. The largest absolute Gasteiger partial charge is 0.493 e. The van der Waals surface area contributed by atoms with Crippen LogP contribution in [0.25, 0.3) is 5.57 Å². The van der Waals surface area contributed by atoms with E-state index in [2.05, 4.69) is 13.5 Å². The second kappa shape index (κ2) is 13.6. The molecule has 0 atom stereocenters. The van der Waals surface area contributed by atoms with Gasteiger partial charge in [0.2, 0.25) is 0 Å². The maximum absolute atomic E-state index is 10.8. The zero-order valence-electron chi connectivity index (χ0n) is 17.9. The van der Waals surface area contributed by atoms with Crippen LogP contribution in [-0.2, 0) is 0 Å². The molecule has 0 bridgehead atoms. The summed E-state index contributed by atoms with van der Waals surface area (Å²) in [5.41, 5.74) is 4.18. The van der Waals surface area contributed by atoms with Crippen LogP contribution in [0.15, 0.2) is 49.0 Å². The quantitative estimate of drug-likeness (QED) is 0.528. The lowest BCUT2D eigenvalue weighted by molar-refractivity contribution is 0.101. The minimum absolute atomic E-state index is 0.128. The normalized spacial score (nSPS) is 9.15. The first-order valence-electron chi connectivity index (χ1n) is 9.40. The Balaban J connectivity index is 0.000000488. The topological polar surface area (TPSA) is 35.5 Å². The average Bonchev–Trinajstić information content (AvgIpc) is 2.69. The molecule has 0 heterocycles. The van der Waals surface area contributed by atoms with Crippen LogP contribution in [-0.4, -0.2) is 20.0 Å². The standard InChI is InChI=1S/C13H18O2.C9H10O.C2H6/c1-5-6-10(2)11-7-8-12(14-3)13(9-11)15-4;1-7-4-3-5-9(6-7)8(2)10;1-2/h7-9H,2,5-6H2,1,3-4H3;3-6H,1-2H3;1-2H3. The van der Waals surface area contributed by atoms with Crippen LogP contribution < -0.4 is 9.47 Å². The molecule has 0 saturated heterocycles. The van der Waals surface area contributed by atoms with Crippen molar-refractivity contribution in [3.05, 3.63) is 65.7 Å². The highest BCUT2D eigenvalue weighted by atomic mass is 16.5. The van der Waals surface area contributed by atoms with Gasteiger partial charge in [0, 0.05) is 5.56 Å². The zero-order chi connectivity index (χ0) is 20.8. The Morgan fingerprint density at radius 3 is 2.04 bits per heavy atom. The molecule has 0 aliphatic carbocycles. The van der Waals surface area contributed by atoms with Crippen molar-refractivity contribution in [1.29, 1.82) is 0 Å². The average molecular weight is 371 g/mol. The molecular formula is C24H34O3. The van der Waals surface area contributed by atoms with Crippen molar-refractivity contribution in [2.45, 2.75) is 47.5 Å². The fourth-order valence-electron chi connectivity index (χ4n) is 2.37. The molecule has 0 aromatic heterocycles. The minimum atomic E-state index is 0.128. The number of ketones is 1. The van der Waals surface area contributed by atoms with E-state index in [1.165, 1.54) is 0 Å². The maximum Gasteiger partial charge on any atom is 0.161 e. The Morgan fingerprint density at radius 2 is 1.59 bits per heavy atom. The van der Waals surface area contributed by atoms with E-state index in [0.29, 0.717) is 0 Å². The maximum atomic E-state index is 10.8. The lowest BCUT2D eigenvalue weighted by Gasteiger charge is -2.10. The van der Waals surface area contributed by atoms with Gasteiger partial charge >= 0.3 is 0 Å². The highest BCUT2D eigenvalue weighted by Crippen LogP contribution is 2.30. The number of methoxy groups -OCH3 is 2. The minimum Gasteiger partial charge on any atom is -0.493 e. The van der Waals surface area contributed by atoms with Gasteiger partial charge in [0.25, 0.3) is 0 Å². The Bertz CT molecular complexity index is 717. The Morgan fingerprint density at radius 1 is 0.963 bits per heavy atom. The molecule has 0 fully saturated rings. The van der Waals surface area contributed by atoms with Crippen LogP contribution in [0.3, 0.4) is 0 Å². The van der Waals surface area contributed by atoms with E-state index >= 15 is 0 Å². The number of carbonyl (C=O) groups is 1. The first-order chi connectivity index (χ1) is 12.9. The monoisotopic (exact) mass is 370 g/mol. The molecule has 148 valence electrons. The molecule has 2 aromatic rings. The molecule has 0 aliphatic rings. The second-order valence-corrected chi connectivity index (χ2v) is 5.85. The summed E-state index contributed by atoms with van der Waals surface area (Å²) in [4.78, 5) is 10.8. The Hall–Kier alpha value is -2.55. The summed E-state index contributed by atoms with van der Waals surface area (Å²) in [6.07, 6.45) is 2.11. The van der Waals surface area contributed by atoms with Crippen LogP contribution in [0.5, 0.6) is 11.5 Å². The van der Waals surface area contributed by atoms with E-state index in [0.717, 1.165) is 46.6 Å². The van der Waals surface area contributed by atoms with E-state index in [1.807, 2.05) is 63.2 Å². The number of allylic oxidation sites excluding steroid dienone is 1. The number of benzene rings is 2. The highest BCUT2D eigenvalue weighted by Gasteiger charge is 2.05. The van der Waals surface area contributed by atoms with E-state index < -0.39 is 0 Å². The third kappa shape index (κ3) is 8.59. The fourth-order valence-corrected chi connectivity index (χ4v) is 2.37. The van der Waals surface area contributed by atoms with Crippen LogP contribution in [0, 0.1) is 6.92 Å². The number of Topliss-reactive ketones (excluding diaryl/α,β-unsaturated/α-hetero) is 1. The molecule has 2 rings (SSSR count). The Labute approximate surface area is 165 Å². The summed E-state index contributed by atoms with van der Waals surface area (Å²) in [6, 6.07) is 13.5. The van der Waals surface area contributed by atoms with Crippen LogP contribution in [0.2, 0.25) is 0 Å². The van der Waals surface area contributed by atoms with Gasteiger partial charge in [-0.2, -0.15) is 0 Å². The third-order valence-electron chi connectivity index (χ3n) is 3.77. The molecule has 0 amide bonds. The molecule has 3 heteroatoms. The summed E-state index contributed by atoms with van der Waals surface area (Å²) < 4.78 is 10.4. The van der Waals surface area contributed by atoms with E-state index in [9.17, 15) is 4.79 Å². The first kappa shape index (κ1) is 24.5. The van der Waals surface area contributed by atoms with Gasteiger partial charge in [0.15, 0.2) is 17.3 Å². The summed E-state index contributed by atoms with van der Waals surface area (Å²) in [5, 5.41) is 0. The molecule has 0 saturated carbocycles. The number of hydrogen-bond acceptors (Lipinski definition) is 3. The predicted octanol–water partition coefficient (Wildman–Crippen LogP) is 6.74. The van der Waals surface area contributed by atoms with Gasteiger partial charge in [-0.15, -0.1) is 0 Å². The Kier molecular flexibility index (Phi) is 12.3. The first-order valence-corrected chi connectivity index (χ1v) is 9.40. The predicted molar refractivity (Wildman–Crippen MR) is 116 cm³/mol. The van der Waals surface area contributed by atoms with Gasteiger partial charge in [-0.05, 0) is 49.6 Å². The van der Waals surface area contributed by atoms with Crippen molar-refractivity contribution in [1.82, 2.24) is 0 Å². The van der Waals surface area contributed by atoms with Gasteiger partial charge in [0.1, 0.15) is 0 Å². The molecule has 0 radical (unpaired) electrons. The second-order valence-electron chi connectivity index (χ2n) is 5.85.